The van der Waals surface area contributed by atoms with Gasteiger partial charge in [-0.25, -0.2) is 4.79 Å². The van der Waals surface area contributed by atoms with Gasteiger partial charge in [0.15, 0.2) is 0 Å². The zero-order valence-electron chi connectivity index (χ0n) is 9.51. The normalized spacial score (nSPS) is 28.5. The molecule has 0 aromatic heterocycles. The third kappa shape index (κ3) is 2.50. The Bertz CT molecular complexity index is 252. The molecular weight excluding hydrogens is 194 g/mol. The molecule has 1 saturated heterocycles. The standard InChI is InChI=1S/C11H19NO3/c1-4-5-6-8(2)10-9(7-13)12(3)11(14)15-10/h4-5,8-10,13H,6-7H2,1-3H3/b5-4+/t8-,9-,10-/m1/s1. The van der Waals surface area contributed by atoms with Crippen molar-refractivity contribution in [3.63, 3.8) is 0 Å². The molecule has 1 aliphatic heterocycles. The highest BCUT2D eigenvalue weighted by Crippen LogP contribution is 2.25. The van der Waals surface area contributed by atoms with Crippen molar-refractivity contribution in [1.82, 2.24) is 4.90 Å². The number of cyclic esters (lactones) is 1. The highest BCUT2D eigenvalue weighted by molar-refractivity contribution is 5.70. The number of allylic oxidation sites excluding steroid dienone is 2. The molecule has 0 aromatic carbocycles. The molecule has 4 heteroatoms. The Morgan fingerprint density at radius 1 is 1.67 bits per heavy atom. The molecule has 0 bridgehead atoms. The Hall–Kier alpha value is -1.03. The second kappa shape index (κ2) is 5.16. The van der Waals surface area contributed by atoms with Crippen LogP contribution in [0.4, 0.5) is 4.79 Å². The second-order valence-corrected chi connectivity index (χ2v) is 3.99. The fourth-order valence-corrected chi connectivity index (χ4v) is 1.84. The maximum absolute atomic E-state index is 11.3. The van der Waals surface area contributed by atoms with E-state index in [2.05, 4.69) is 0 Å². The molecule has 0 radical (unpaired) electrons. The van der Waals surface area contributed by atoms with Gasteiger partial charge in [0.1, 0.15) is 6.10 Å². The van der Waals surface area contributed by atoms with Gasteiger partial charge in [0.2, 0.25) is 0 Å². The summed E-state index contributed by atoms with van der Waals surface area (Å²) in [5.74, 6) is 0.229. The Kier molecular flexibility index (Phi) is 4.15. The first-order valence-corrected chi connectivity index (χ1v) is 5.27. The first-order chi connectivity index (χ1) is 7.11. The number of likely N-dealkylation sites (N-methyl/N-ethyl adjacent to an activating group) is 1. The zero-order valence-corrected chi connectivity index (χ0v) is 9.51. The number of rotatable bonds is 4. The van der Waals surface area contributed by atoms with E-state index in [-0.39, 0.29) is 30.8 Å². The lowest BCUT2D eigenvalue weighted by molar-refractivity contribution is 0.0808. The lowest BCUT2D eigenvalue weighted by Gasteiger charge is -2.23. The lowest BCUT2D eigenvalue weighted by Crippen LogP contribution is -2.39. The Morgan fingerprint density at radius 3 is 2.87 bits per heavy atom. The van der Waals surface area contributed by atoms with Gasteiger partial charge in [-0.2, -0.15) is 0 Å². The lowest BCUT2D eigenvalue weighted by atomic mass is 9.95. The summed E-state index contributed by atoms with van der Waals surface area (Å²) in [5, 5.41) is 9.21. The van der Waals surface area contributed by atoms with Crippen LogP contribution in [0.15, 0.2) is 12.2 Å². The van der Waals surface area contributed by atoms with Crippen LogP contribution in [0.1, 0.15) is 20.3 Å². The van der Waals surface area contributed by atoms with Crippen LogP contribution in [0.3, 0.4) is 0 Å². The number of hydrogen-bond acceptors (Lipinski definition) is 3. The summed E-state index contributed by atoms with van der Waals surface area (Å²) in [6, 6.07) is -0.210. The fourth-order valence-electron chi connectivity index (χ4n) is 1.84. The predicted octanol–water partition coefficient (Wildman–Crippen LogP) is 1.40. The molecule has 4 nitrogen and oxygen atoms in total. The first kappa shape index (κ1) is 12.0. The number of nitrogens with zero attached hydrogens (tertiary/aromatic N) is 1. The van der Waals surface area contributed by atoms with Gasteiger partial charge in [0, 0.05) is 7.05 Å². The number of hydrogen-bond donors (Lipinski definition) is 1. The monoisotopic (exact) mass is 213 g/mol. The van der Waals surface area contributed by atoms with Crippen LogP contribution in [0.2, 0.25) is 0 Å². The smallest absolute Gasteiger partial charge is 0.410 e. The van der Waals surface area contributed by atoms with E-state index in [9.17, 15) is 9.90 Å². The summed E-state index contributed by atoms with van der Waals surface area (Å²) in [5.41, 5.74) is 0. The minimum atomic E-state index is -0.341. The average molecular weight is 213 g/mol. The number of aliphatic hydroxyl groups is 1. The number of aliphatic hydroxyl groups excluding tert-OH is 1. The molecule has 1 rings (SSSR count). The Labute approximate surface area is 90.5 Å². The quantitative estimate of drug-likeness (QED) is 0.718. The van der Waals surface area contributed by atoms with E-state index < -0.39 is 0 Å². The van der Waals surface area contributed by atoms with Crippen molar-refractivity contribution < 1.29 is 14.6 Å². The summed E-state index contributed by atoms with van der Waals surface area (Å²) in [6.07, 6.45) is 4.34. The maximum atomic E-state index is 11.3. The van der Waals surface area contributed by atoms with Gasteiger partial charge in [-0.1, -0.05) is 19.1 Å². The van der Waals surface area contributed by atoms with Gasteiger partial charge in [0.25, 0.3) is 0 Å². The molecule has 15 heavy (non-hydrogen) atoms. The molecule has 1 N–H and O–H groups in total. The van der Waals surface area contributed by atoms with Gasteiger partial charge in [-0.05, 0) is 19.3 Å². The summed E-state index contributed by atoms with van der Waals surface area (Å²) in [4.78, 5) is 12.8. The van der Waals surface area contributed by atoms with E-state index in [4.69, 9.17) is 4.74 Å². The minimum Gasteiger partial charge on any atom is -0.444 e. The molecule has 0 unspecified atom stereocenters. The SMILES string of the molecule is C/C=C/C[C@@H](C)[C@H]1OC(=O)N(C)[C@@H]1CO. The van der Waals surface area contributed by atoms with Gasteiger partial charge in [0.05, 0.1) is 12.6 Å². The molecule has 0 saturated carbocycles. The van der Waals surface area contributed by atoms with E-state index in [0.717, 1.165) is 6.42 Å². The fraction of sp³-hybridized carbons (Fsp3) is 0.727. The van der Waals surface area contributed by atoms with Crippen LogP contribution in [0.25, 0.3) is 0 Å². The molecule has 3 atom stereocenters. The molecule has 1 aliphatic rings. The summed E-state index contributed by atoms with van der Waals surface area (Å²) < 4.78 is 5.23. The molecule has 1 amide bonds. The number of carbonyl (C=O) groups excluding carboxylic acids is 1. The summed E-state index contributed by atoms with van der Waals surface area (Å²) in [7, 11) is 1.66. The highest BCUT2D eigenvalue weighted by atomic mass is 16.6. The number of ether oxygens (including phenoxy) is 1. The zero-order chi connectivity index (χ0) is 11.4. The third-order valence-corrected chi connectivity index (χ3v) is 2.89. The van der Waals surface area contributed by atoms with Crippen LogP contribution in [-0.4, -0.2) is 41.9 Å². The van der Waals surface area contributed by atoms with Gasteiger partial charge in [-0.15, -0.1) is 0 Å². The van der Waals surface area contributed by atoms with Crippen molar-refractivity contribution in [2.24, 2.45) is 5.92 Å². The minimum absolute atomic E-state index is 0.0485. The van der Waals surface area contributed by atoms with E-state index >= 15 is 0 Å². The van der Waals surface area contributed by atoms with E-state index in [1.54, 1.807) is 7.05 Å². The highest BCUT2D eigenvalue weighted by Gasteiger charge is 2.41. The topological polar surface area (TPSA) is 49.8 Å². The van der Waals surface area contributed by atoms with Crippen LogP contribution < -0.4 is 0 Å². The number of carbonyl (C=O) groups is 1. The van der Waals surface area contributed by atoms with Crippen molar-refractivity contribution in [2.75, 3.05) is 13.7 Å². The van der Waals surface area contributed by atoms with Crippen LogP contribution in [-0.2, 0) is 4.74 Å². The molecule has 0 spiro atoms. The van der Waals surface area contributed by atoms with E-state index in [1.807, 2.05) is 26.0 Å². The molecule has 1 fully saturated rings. The second-order valence-electron chi connectivity index (χ2n) is 3.99. The van der Waals surface area contributed by atoms with Gasteiger partial charge >= 0.3 is 6.09 Å². The molecule has 0 aromatic rings. The summed E-state index contributed by atoms with van der Waals surface area (Å²) in [6.45, 7) is 3.94. The predicted molar refractivity (Wildman–Crippen MR) is 57.5 cm³/mol. The van der Waals surface area contributed by atoms with Crippen molar-refractivity contribution in [3.8, 4) is 0 Å². The van der Waals surface area contributed by atoms with Crippen LogP contribution in [0.5, 0.6) is 0 Å². The van der Waals surface area contributed by atoms with E-state index in [1.165, 1.54) is 4.90 Å². The van der Waals surface area contributed by atoms with Crippen molar-refractivity contribution in [3.05, 3.63) is 12.2 Å². The third-order valence-electron chi connectivity index (χ3n) is 2.89. The van der Waals surface area contributed by atoms with Gasteiger partial charge < -0.3 is 14.7 Å². The largest absolute Gasteiger partial charge is 0.444 e. The molecule has 1 heterocycles. The van der Waals surface area contributed by atoms with Gasteiger partial charge in [-0.3, -0.25) is 0 Å². The first-order valence-electron chi connectivity index (χ1n) is 5.27. The van der Waals surface area contributed by atoms with Crippen molar-refractivity contribution in [1.29, 1.82) is 0 Å². The Balaban J connectivity index is 2.64. The van der Waals surface area contributed by atoms with Crippen molar-refractivity contribution in [2.45, 2.75) is 32.4 Å². The van der Waals surface area contributed by atoms with Crippen LogP contribution >= 0.6 is 0 Å². The molecule has 86 valence electrons. The maximum Gasteiger partial charge on any atom is 0.410 e. The number of amides is 1. The van der Waals surface area contributed by atoms with Crippen molar-refractivity contribution >= 4 is 6.09 Å². The Morgan fingerprint density at radius 2 is 2.33 bits per heavy atom. The average Bonchev–Trinajstić information content (AvgIpc) is 2.52. The molecular formula is C11H19NO3. The van der Waals surface area contributed by atoms with Crippen LogP contribution in [0, 0.1) is 5.92 Å². The van der Waals surface area contributed by atoms with E-state index in [0.29, 0.717) is 0 Å². The molecule has 0 aliphatic carbocycles. The summed E-state index contributed by atoms with van der Waals surface area (Å²) >= 11 is 0.